The first kappa shape index (κ1) is 11.7. The lowest BCUT2D eigenvalue weighted by molar-refractivity contribution is -0.119. The van der Waals surface area contributed by atoms with Gasteiger partial charge in [-0.05, 0) is 38.2 Å². The predicted molar refractivity (Wildman–Crippen MR) is 55.4 cm³/mol. The van der Waals surface area contributed by atoms with Gasteiger partial charge in [0.1, 0.15) is 30.0 Å². The van der Waals surface area contributed by atoms with Gasteiger partial charge >= 0.3 is 0 Å². The number of ether oxygens (including phenoxy) is 1. The zero-order valence-corrected chi connectivity index (χ0v) is 8.79. The zero-order valence-electron chi connectivity index (χ0n) is 8.79. The summed E-state index contributed by atoms with van der Waals surface area (Å²) in [6.45, 7) is 1.74. The standard InChI is InChI=1S/C11H14FNO2/c1-8(14)11(13-2)7-15-10-5-3-9(12)4-6-10/h3-6,11,13H,7H2,1-2H3. The van der Waals surface area contributed by atoms with E-state index in [1.54, 1.807) is 7.05 Å². The van der Waals surface area contributed by atoms with Gasteiger partial charge in [0.15, 0.2) is 0 Å². The van der Waals surface area contributed by atoms with Crippen molar-refractivity contribution in [1.82, 2.24) is 5.32 Å². The molecule has 0 amide bonds. The Hall–Kier alpha value is -1.42. The van der Waals surface area contributed by atoms with Gasteiger partial charge in [-0.1, -0.05) is 0 Å². The number of halogens is 1. The quantitative estimate of drug-likeness (QED) is 0.799. The van der Waals surface area contributed by atoms with Crippen LogP contribution in [0.15, 0.2) is 24.3 Å². The predicted octanol–water partition coefficient (Wildman–Crippen LogP) is 1.38. The molecule has 3 nitrogen and oxygen atoms in total. The van der Waals surface area contributed by atoms with Gasteiger partial charge in [0.25, 0.3) is 0 Å². The van der Waals surface area contributed by atoms with Gasteiger partial charge in [-0.15, -0.1) is 0 Å². The molecule has 0 radical (unpaired) electrons. The second-order valence-electron chi connectivity index (χ2n) is 3.22. The van der Waals surface area contributed by atoms with Crippen LogP contribution in [0, 0.1) is 5.82 Å². The third kappa shape index (κ3) is 3.67. The highest BCUT2D eigenvalue weighted by atomic mass is 19.1. The highest BCUT2D eigenvalue weighted by Crippen LogP contribution is 2.11. The highest BCUT2D eigenvalue weighted by molar-refractivity contribution is 5.81. The summed E-state index contributed by atoms with van der Waals surface area (Å²) >= 11 is 0. The van der Waals surface area contributed by atoms with Crippen molar-refractivity contribution >= 4 is 5.78 Å². The van der Waals surface area contributed by atoms with Crippen molar-refractivity contribution in [2.24, 2.45) is 0 Å². The molecule has 1 rings (SSSR count). The minimum absolute atomic E-state index is 0.0135. The fourth-order valence-electron chi connectivity index (χ4n) is 1.11. The van der Waals surface area contributed by atoms with E-state index >= 15 is 0 Å². The smallest absolute Gasteiger partial charge is 0.150 e. The summed E-state index contributed by atoms with van der Waals surface area (Å²) in [6.07, 6.45) is 0. The summed E-state index contributed by atoms with van der Waals surface area (Å²) < 4.78 is 17.9. The number of benzene rings is 1. The number of rotatable bonds is 5. The number of ketones is 1. The number of hydrogen-bond acceptors (Lipinski definition) is 3. The molecule has 1 aromatic rings. The van der Waals surface area contributed by atoms with Crippen LogP contribution in [0.3, 0.4) is 0 Å². The zero-order chi connectivity index (χ0) is 11.3. The van der Waals surface area contributed by atoms with E-state index in [-0.39, 0.29) is 24.2 Å². The molecule has 0 aliphatic carbocycles. The van der Waals surface area contributed by atoms with Gasteiger partial charge in [-0.25, -0.2) is 4.39 Å². The van der Waals surface area contributed by atoms with Gasteiger partial charge in [-0.2, -0.15) is 0 Å². The lowest BCUT2D eigenvalue weighted by Gasteiger charge is -2.13. The van der Waals surface area contributed by atoms with Crippen molar-refractivity contribution in [3.05, 3.63) is 30.1 Å². The lowest BCUT2D eigenvalue weighted by Crippen LogP contribution is -2.37. The van der Waals surface area contributed by atoms with Crippen LogP contribution in [0.5, 0.6) is 5.75 Å². The number of carbonyl (C=O) groups excluding carboxylic acids is 1. The molecular formula is C11H14FNO2. The van der Waals surface area contributed by atoms with E-state index in [9.17, 15) is 9.18 Å². The van der Waals surface area contributed by atoms with Gasteiger partial charge in [-0.3, -0.25) is 4.79 Å². The second-order valence-corrected chi connectivity index (χ2v) is 3.22. The van der Waals surface area contributed by atoms with Crippen LogP contribution < -0.4 is 10.1 Å². The molecule has 0 aliphatic rings. The maximum absolute atomic E-state index is 12.6. The molecule has 1 unspecified atom stereocenters. The van der Waals surface area contributed by atoms with Gasteiger partial charge in [0.05, 0.1) is 0 Å². The normalized spacial score (nSPS) is 12.2. The lowest BCUT2D eigenvalue weighted by atomic mass is 10.2. The number of carbonyl (C=O) groups is 1. The van der Waals surface area contributed by atoms with Crippen LogP contribution in [0.4, 0.5) is 4.39 Å². The topological polar surface area (TPSA) is 38.3 Å². The summed E-state index contributed by atoms with van der Waals surface area (Å²) in [5.41, 5.74) is 0. The van der Waals surface area contributed by atoms with Crippen molar-refractivity contribution in [3.8, 4) is 5.75 Å². The highest BCUT2D eigenvalue weighted by Gasteiger charge is 2.11. The Balaban J connectivity index is 2.49. The molecule has 4 heteroatoms. The third-order valence-corrected chi connectivity index (χ3v) is 2.07. The van der Waals surface area contributed by atoms with Gasteiger partial charge in [0.2, 0.25) is 0 Å². The number of Topliss-reactive ketones (excluding diaryl/α,β-unsaturated/α-hetero) is 1. The monoisotopic (exact) mass is 211 g/mol. The Bertz CT molecular complexity index is 324. The van der Waals surface area contributed by atoms with Crippen molar-refractivity contribution in [2.75, 3.05) is 13.7 Å². The molecule has 1 atom stereocenters. The third-order valence-electron chi connectivity index (χ3n) is 2.07. The van der Waals surface area contributed by atoms with Gasteiger partial charge in [0, 0.05) is 0 Å². The summed E-state index contributed by atoms with van der Waals surface area (Å²) in [4.78, 5) is 11.0. The van der Waals surface area contributed by atoms with E-state index in [1.165, 1.54) is 31.2 Å². The van der Waals surface area contributed by atoms with Crippen LogP contribution in [0.1, 0.15) is 6.92 Å². The fourth-order valence-corrected chi connectivity index (χ4v) is 1.11. The first-order valence-corrected chi connectivity index (χ1v) is 4.69. The Morgan fingerprint density at radius 3 is 2.53 bits per heavy atom. The fraction of sp³-hybridized carbons (Fsp3) is 0.364. The van der Waals surface area contributed by atoms with Crippen molar-refractivity contribution in [2.45, 2.75) is 13.0 Å². The Kier molecular flexibility index (Phi) is 4.24. The molecule has 0 aromatic heterocycles. The number of hydrogen-bond donors (Lipinski definition) is 1. The molecule has 82 valence electrons. The summed E-state index contributed by atoms with van der Waals surface area (Å²) in [5.74, 6) is 0.261. The summed E-state index contributed by atoms with van der Waals surface area (Å²) in [6, 6.07) is 5.37. The molecule has 0 fully saturated rings. The molecule has 0 spiro atoms. The van der Waals surface area contributed by atoms with E-state index < -0.39 is 0 Å². The molecule has 1 N–H and O–H groups in total. The molecule has 0 saturated carbocycles. The SMILES string of the molecule is CNC(COc1ccc(F)cc1)C(C)=O. The number of nitrogens with one attached hydrogen (secondary N) is 1. The molecule has 15 heavy (non-hydrogen) atoms. The Morgan fingerprint density at radius 2 is 2.07 bits per heavy atom. The van der Waals surface area contributed by atoms with Gasteiger partial charge < -0.3 is 10.1 Å². The molecule has 1 aromatic carbocycles. The van der Waals surface area contributed by atoms with Crippen molar-refractivity contribution < 1.29 is 13.9 Å². The van der Waals surface area contributed by atoms with Crippen LogP contribution >= 0.6 is 0 Å². The largest absolute Gasteiger partial charge is 0.491 e. The van der Waals surface area contributed by atoms with E-state index in [0.717, 1.165) is 0 Å². The maximum atomic E-state index is 12.6. The molecule has 0 heterocycles. The average molecular weight is 211 g/mol. The van der Waals surface area contributed by atoms with E-state index in [0.29, 0.717) is 5.75 Å². The summed E-state index contributed by atoms with van der Waals surface area (Å²) in [5, 5.41) is 2.83. The van der Waals surface area contributed by atoms with Crippen molar-refractivity contribution in [3.63, 3.8) is 0 Å². The first-order valence-electron chi connectivity index (χ1n) is 4.69. The average Bonchev–Trinajstić information content (AvgIpc) is 2.21. The molecule has 0 aliphatic heterocycles. The van der Waals surface area contributed by atoms with E-state index in [1.807, 2.05) is 0 Å². The maximum Gasteiger partial charge on any atom is 0.150 e. The Morgan fingerprint density at radius 1 is 1.47 bits per heavy atom. The second kappa shape index (κ2) is 5.46. The number of likely N-dealkylation sites (N-methyl/N-ethyl adjacent to an activating group) is 1. The van der Waals surface area contributed by atoms with E-state index in [2.05, 4.69) is 5.32 Å². The summed E-state index contributed by atoms with van der Waals surface area (Å²) in [7, 11) is 1.69. The molecule has 0 bridgehead atoms. The molecule has 0 saturated heterocycles. The first-order chi connectivity index (χ1) is 7.13. The Labute approximate surface area is 88.2 Å². The van der Waals surface area contributed by atoms with Crippen molar-refractivity contribution in [1.29, 1.82) is 0 Å². The molecular weight excluding hydrogens is 197 g/mol. The van der Waals surface area contributed by atoms with Crippen LogP contribution in [-0.4, -0.2) is 25.5 Å². The van der Waals surface area contributed by atoms with Crippen LogP contribution in [0.2, 0.25) is 0 Å². The van der Waals surface area contributed by atoms with Crippen LogP contribution in [0.25, 0.3) is 0 Å². The minimum atomic E-state index is -0.324. The van der Waals surface area contributed by atoms with E-state index in [4.69, 9.17) is 4.74 Å². The van der Waals surface area contributed by atoms with Crippen LogP contribution in [-0.2, 0) is 4.79 Å². The minimum Gasteiger partial charge on any atom is -0.491 e.